The number of amides is 1. The lowest BCUT2D eigenvalue weighted by Crippen LogP contribution is -2.24. The highest BCUT2D eigenvalue weighted by Crippen LogP contribution is 2.26. The van der Waals surface area contributed by atoms with Crippen LogP contribution < -0.4 is 11.1 Å². The first-order valence-electron chi connectivity index (χ1n) is 6.44. The maximum Gasteiger partial charge on any atom is 0.227 e. The minimum Gasteiger partial charge on any atom is -0.327 e. The third-order valence-electron chi connectivity index (χ3n) is 2.80. The van der Waals surface area contributed by atoms with E-state index in [4.69, 9.17) is 28.9 Å². The molecule has 0 spiro atoms. The lowest BCUT2D eigenvalue weighted by molar-refractivity contribution is -0.116. The van der Waals surface area contributed by atoms with Gasteiger partial charge in [-0.15, -0.1) is 5.10 Å². The molecule has 1 unspecified atom stereocenters. The summed E-state index contributed by atoms with van der Waals surface area (Å²) in [7, 11) is 0. The number of nitrogens with zero attached hydrogens (tertiary/aromatic N) is 2. The molecule has 2 rings (SSSR count). The van der Waals surface area contributed by atoms with E-state index in [2.05, 4.69) is 10.4 Å². The Labute approximate surface area is 133 Å². The summed E-state index contributed by atoms with van der Waals surface area (Å²) in [4.78, 5) is 11.7. The predicted molar refractivity (Wildman–Crippen MR) is 85.2 cm³/mol. The Morgan fingerprint density at radius 1 is 1.43 bits per heavy atom. The molecule has 1 aromatic carbocycles. The first-order valence-corrected chi connectivity index (χ1v) is 7.20. The molecule has 1 atom stereocenters. The Morgan fingerprint density at radius 3 is 2.76 bits per heavy atom. The number of aromatic nitrogens is 2. The van der Waals surface area contributed by atoms with Crippen molar-refractivity contribution in [3.05, 3.63) is 40.0 Å². The summed E-state index contributed by atoms with van der Waals surface area (Å²) in [5, 5.41) is 8.09. The van der Waals surface area contributed by atoms with Gasteiger partial charge in [0.1, 0.15) is 0 Å². The van der Waals surface area contributed by atoms with Crippen LogP contribution in [0.5, 0.6) is 0 Å². The zero-order valence-corrected chi connectivity index (χ0v) is 13.2. The van der Waals surface area contributed by atoms with E-state index in [1.807, 2.05) is 6.92 Å². The van der Waals surface area contributed by atoms with E-state index in [0.717, 1.165) is 5.69 Å². The lowest BCUT2D eigenvalue weighted by Gasteiger charge is -2.07. The van der Waals surface area contributed by atoms with E-state index in [1.165, 1.54) is 0 Å². The van der Waals surface area contributed by atoms with Crippen LogP contribution in [-0.4, -0.2) is 21.7 Å². The fourth-order valence-electron chi connectivity index (χ4n) is 1.92. The van der Waals surface area contributed by atoms with Gasteiger partial charge >= 0.3 is 0 Å². The quantitative estimate of drug-likeness (QED) is 0.906. The summed E-state index contributed by atoms with van der Waals surface area (Å²) in [6.45, 7) is 3.65. The van der Waals surface area contributed by atoms with E-state index in [1.54, 1.807) is 35.9 Å². The smallest absolute Gasteiger partial charge is 0.227 e. The third-order valence-corrected chi connectivity index (χ3v) is 3.34. The fraction of sp³-hybridized carbons (Fsp3) is 0.286. The van der Waals surface area contributed by atoms with Crippen LogP contribution in [0, 0.1) is 6.92 Å². The predicted octanol–water partition coefficient (Wildman–Crippen LogP) is 3.16. The molecule has 0 aliphatic carbocycles. The number of hydrogen-bond donors (Lipinski definition) is 2. The molecule has 0 aliphatic heterocycles. The van der Waals surface area contributed by atoms with Crippen LogP contribution in [0.3, 0.4) is 0 Å². The van der Waals surface area contributed by atoms with Gasteiger partial charge in [0.25, 0.3) is 0 Å². The molecule has 3 N–H and O–H groups in total. The maximum absolute atomic E-state index is 11.7. The van der Waals surface area contributed by atoms with Gasteiger partial charge in [0.15, 0.2) is 5.82 Å². The Balaban J connectivity index is 2.25. The Morgan fingerprint density at radius 2 is 2.14 bits per heavy atom. The van der Waals surface area contributed by atoms with Gasteiger partial charge in [-0.3, -0.25) is 4.79 Å². The number of carbonyl (C=O) groups excluding carboxylic acids is 1. The minimum absolute atomic E-state index is 0.170. The molecule has 0 radical (unpaired) electrons. The molecule has 2 aromatic rings. The van der Waals surface area contributed by atoms with E-state index < -0.39 is 0 Å². The normalized spacial score (nSPS) is 12.2. The molecule has 0 fully saturated rings. The first kappa shape index (κ1) is 15.8. The van der Waals surface area contributed by atoms with Gasteiger partial charge in [-0.05, 0) is 32.0 Å². The molecule has 112 valence electrons. The SMILES string of the molecule is Cc1cc(NC(=O)CC(C)N)nn1-c1ccc(Cl)cc1Cl. The Hall–Kier alpha value is -1.56. The number of anilines is 1. The van der Waals surface area contributed by atoms with Crippen molar-refractivity contribution in [2.24, 2.45) is 5.73 Å². The largest absolute Gasteiger partial charge is 0.327 e. The number of halogens is 2. The number of carbonyl (C=O) groups is 1. The third kappa shape index (κ3) is 3.97. The number of nitrogens with one attached hydrogen (secondary N) is 1. The molecule has 1 heterocycles. The molecule has 0 aliphatic rings. The molecule has 5 nitrogen and oxygen atoms in total. The van der Waals surface area contributed by atoms with Crippen LogP contribution in [-0.2, 0) is 4.79 Å². The summed E-state index contributed by atoms with van der Waals surface area (Å²) in [6.07, 6.45) is 0.244. The van der Waals surface area contributed by atoms with E-state index in [9.17, 15) is 4.79 Å². The van der Waals surface area contributed by atoms with Crippen LogP contribution in [0.2, 0.25) is 10.0 Å². The standard InChI is InChI=1S/C14H16Cl2N4O/c1-8(17)5-14(21)18-13-6-9(2)20(19-13)12-4-3-10(15)7-11(12)16/h3-4,6-8H,5,17H2,1-2H3,(H,18,19,21). The second kappa shape index (κ2) is 6.47. The van der Waals surface area contributed by atoms with Gasteiger partial charge in [0, 0.05) is 29.2 Å². The molecule has 7 heteroatoms. The first-order chi connectivity index (χ1) is 9.86. The number of rotatable bonds is 4. The summed E-state index contributed by atoms with van der Waals surface area (Å²) in [5.41, 5.74) is 7.13. The highest BCUT2D eigenvalue weighted by atomic mass is 35.5. The second-order valence-electron chi connectivity index (χ2n) is 4.91. The number of benzene rings is 1. The van der Waals surface area contributed by atoms with Gasteiger partial charge < -0.3 is 11.1 Å². The molecule has 0 saturated heterocycles. The Bertz CT molecular complexity index is 667. The van der Waals surface area contributed by atoms with Crippen molar-refractivity contribution >= 4 is 34.9 Å². The van der Waals surface area contributed by atoms with Crippen molar-refractivity contribution in [3.63, 3.8) is 0 Å². The zero-order chi connectivity index (χ0) is 15.6. The minimum atomic E-state index is -0.195. The monoisotopic (exact) mass is 326 g/mol. The summed E-state index contributed by atoms with van der Waals surface area (Å²) in [5.74, 6) is 0.293. The molecule has 21 heavy (non-hydrogen) atoms. The van der Waals surface area contributed by atoms with Gasteiger partial charge in [-0.2, -0.15) is 0 Å². The average Bonchev–Trinajstić information content (AvgIpc) is 2.68. The molecule has 0 saturated carbocycles. The second-order valence-corrected chi connectivity index (χ2v) is 5.75. The molecule has 1 amide bonds. The highest BCUT2D eigenvalue weighted by molar-refractivity contribution is 6.35. The maximum atomic E-state index is 11.7. The van der Waals surface area contributed by atoms with Crippen LogP contribution >= 0.6 is 23.2 Å². The van der Waals surface area contributed by atoms with Crippen molar-refractivity contribution in [2.75, 3.05) is 5.32 Å². The molecular weight excluding hydrogens is 311 g/mol. The number of nitrogens with two attached hydrogens (primary N) is 1. The number of aryl methyl sites for hydroxylation is 1. The van der Waals surface area contributed by atoms with Crippen molar-refractivity contribution < 1.29 is 4.79 Å². The van der Waals surface area contributed by atoms with Crippen molar-refractivity contribution in [3.8, 4) is 5.69 Å². The fourth-order valence-corrected chi connectivity index (χ4v) is 2.41. The summed E-state index contributed by atoms with van der Waals surface area (Å²) in [6, 6.07) is 6.73. The van der Waals surface area contributed by atoms with Gasteiger partial charge in [-0.1, -0.05) is 23.2 Å². The summed E-state index contributed by atoms with van der Waals surface area (Å²) < 4.78 is 1.65. The van der Waals surface area contributed by atoms with E-state index >= 15 is 0 Å². The topological polar surface area (TPSA) is 72.9 Å². The molecule has 0 bridgehead atoms. The van der Waals surface area contributed by atoms with Gasteiger partial charge in [0.05, 0.1) is 10.7 Å². The lowest BCUT2D eigenvalue weighted by atomic mass is 10.2. The van der Waals surface area contributed by atoms with Crippen LogP contribution in [0.1, 0.15) is 19.0 Å². The molecular formula is C14H16Cl2N4O. The van der Waals surface area contributed by atoms with Crippen LogP contribution in [0.4, 0.5) is 5.82 Å². The van der Waals surface area contributed by atoms with Gasteiger partial charge in [0.2, 0.25) is 5.91 Å². The summed E-state index contributed by atoms with van der Waals surface area (Å²) >= 11 is 12.1. The highest BCUT2D eigenvalue weighted by Gasteiger charge is 2.12. The van der Waals surface area contributed by atoms with Crippen LogP contribution in [0.25, 0.3) is 5.69 Å². The van der Waals surface area contributed by atoms with Crippen molar-refractivity contribution in [1.82, 2.24) is 9.78 Å². The van der Waals surface area contributed by atoms with E-state index in [-0.39, 0.29) is 18.4 Å². The van der Waals surface area contributed by atoms with Crippen molar-refractivity contribution in [1.29, 1.82) is 0 Å². The van der Waals surface area contributed by atoms with Crippen LogP contribution in [0.15, 0.2) is 24.3 Å². The van der Waals surface area contributed by atoms with Crippen molar-refractivity contribution in [2.45, 2.75) is 26.3 Å². The van der Waals surface area contributed by atoms with E-state index in [0.29, 0.717) is 21.6 Å². The molecule has 1 aromatic heterocycles. The van der Waals surface area contributed by atoms with Gasteiger partial charge in [-0.25, -0.2) is 4.68 Å². The average molecular weight is 327 g/mol. The Kier molecular flexibility index (Phi) is 4.88. The number of hydrogen-bond acceptors (Lipinski definition) is 3. The zero-order valence-electron chi connectivity index (χ0n) is 11.7.